The molecule has 0 spiro atoms. The van der Waals surface area contributed by atoms with E-state index < -0.39 is 12.6 Å². The molecule has 0 radical (unpaired) electrons. The summed E-state index contributed by atoms with van der Waals surface area (Å²) in [5, 5.41) is 3.54. The van der Waals surface area contributed by atoms with Gasteiger partial charge >= 0.3 is 5.97 Å². The minimum absolute atomic E-state index is 0.0387. The van der Waals surface area contributed by atoms with Gasteiger partial charge in [-0.15, -0.1) is 13.2 Å². The highest BCUT2D eigenvalue weighted by atomic mass is 16.5. The molecule has 0 fully saturated rings. The van der Waals surface area contributed by atoms with Gasteiger partial charge in [0.15, 0.2) is 6.61 Å². The third kappa shape index (κ3) is 3.71. The summed E-state index contributed by atoms with van der Waals surface area (Å²) in [5.74, 6) is -1.23. The highest BCUT2D eigenvalue weighted by Crippen LogP contribution is 2.16. The number of nitrogens with two attached hydrogens (primary N) is 1. The lowest BCUT2D eigenvalue weighted by atomic mass is 10.2. The first-order valence-corrected chi connectivity index (χ1v) is 5.89. The van der Waals surface area contributed by atoms with E-state index >= 15 is 0 Å². The maximum absolute atomic E-state index is 11.8. The van der Waals surface area contributed by atoms with Crippen molar-refractivity contribution in [3.63, 3.8) is 0 Å². The number of rotatable bonds is 7. The summed E-state index contributed by atoms with van der Waals surface area (Å²) in [4.78, 5) is 25.1. The molecule has 0 saturated heterocycles. The van der Waals surface area contributed by atoms with E-state index in [4.69, 9.17) is 10.5 Å². The predicted octanol–water partition coefficient (Wildman–Crippen LogP) is 0.923. The van der Waals surface area contributed by atoms with Gasteiger partial charge < -0.3 is 19.9 Å². The molecule has 0 atom stereocenters. The monoisotopic (exact) mass is 279 g/mol. The molecule has 0 saturated carbocycles. The van der Waals surface area contributed by atoms with E-state index in [2.05, 4.69) is 22.8 Å². The molecule has 0 aliphatic heterocycles. The summed E-state index contributed by atoms with van der Waals surface area (Å²) in [6.07, 6.45) is 3.15. The number of hydrogen-bond acceptors (Lipinski definition) is 6. The number of carbonyl (C=O) groups is 2. The lowest BCUT2D eigenvalue weighted by Gasteiger charge is -2.18. The largest absolute Gasteiger partial charge is 0.452 e. The lowest BCUT2D eigenvalue weighted by molar-refractivity contribution is -0.133. The van der Waals surface area contributed by atoms with Gasteiger partial charge in [-0.2, -0.15) is 0 Å². The van der Waals surface area contributed by atoms with Crippen LogP contribution in [-0.2, 0) is 9.53 Å². The minimum atomic E-state index is -0.744. The van der Waals surface area contributed by atoms with Crippen molar-refractivity contribution < 1.29 is 18.8 Å². The van der Waals surface area contributed by atoms with Crippen molar-refractivity contribution in [2.75, 3.05) is 25.4 Å². The Morgan fingerprint density at radius 1 is 1.40 bits per heavy atom. The fraction of sp³-hybridized carbons (Fsp3) is 0.308. The van der Waals surface area contributed by atoms with Crippen LogP contribution in [0, 0.1) is 6.92 Å². The second kappa shape index (κ2) is 7.13. The molecule has 1 aromatic rings. The number of anilines is 1. The van der Waals surface area contributed by atoms with Crippen molar-refractivity contribution in [1.29, 1.82) is 0 Å². The molecule has 108 valence electrons. The number of nitrogen functional groups attached to an aromatic ring is 1. The second-order valence-electron chi connectivity index (χ2n) is 3.96. The highest BCUT2D eigenvalue weighted by molar-refractivity contribution is 5.96. The molecule has 0 bridgehead atoms. The third-order valence-corrected chi connectivity index (χ3v) is 2.47. The molecule has 1 amide bonds. The third-order valence-electron chi connectivity index (χ3n) is 2.47. The van der Waals surface area contributed by atoms with Crippen LogP contribution in [0.25, 0.3) is 0 Å². The zero-order chi connectivity index (χ0) is 15.1. The number of hydrogen-bond donors (Lipinski definition) is 1. The van der Waals surface area contributed by atoms with Crippen molar-refractivity contribution in [1.82, 2.24) is 10.1 Å². The summed E-state index contributed by atoms with van der Waals surface area (Å²) in [7, 11) is 0. The van der Waals surface area contributed by atoms with Gasteiger partial charge in [0.1, 0.15) is 5.56 Å². The molecular formula is C13H17N3O4. The average molecular weight is 279 g/mol. The Labute approximate surface area is 116 Å². The second-order valence-corrected chi connectivity index (χ2v) is 3.96. The Hall–Kier alpha value is -2.57. The van der Waals surface area contributed by atoms with Crippen LogP contribution in [0.5, 0.6) is 0 Å². The molecule has 1 heterocycles. The molecule has 7 heteroatoms. The van der Waals surface area contributed by atoms with Crippen LogP contribution in [0.1, 0.15) is 16.1 Å². The van der Waals surface area contributed by atoms with E-state index in [1.54, 1.807) is 19.1 Å². The van der Waals surface area contributed by atoms with Crippen LogP contribution in [0.4, 0.5) is 5.88 Å². The van der Waals surface area contributed by atoms with Crippen LogP contribution in [0.3, 0.4) is 0 Å². The molecular weight excluding hydrogens is 262 g/mol. The number of aryl methyl sites for hydroxylation is 1. The number of nitrogens with zero attached hydrogens (tertiary/aromatic N) is 2. The lowest BCUT2D eigenvalue weighted by Crippen LogP contribution is -2.35. The summed E-state index contributed by atoms with van der Waals surface area (Å²) in [5.41, 5.74) is 5.80. The van der Waals surface area contributed by atoms with Gasteiger partial charge in [0.25, 0.3) is 5.91 Å². The smallest absolute Gasteiger partial charge is 0.346 e. The maximum atomic E-state index is 11.8. The van der Waals surface area contributed by atoms with Crippen LogP contribution < -0.4 is 5.73 Å². The van der Waals surface area contributed by atoms with Crippen LogP contribution in [0.15, 0.2) is 29.8 Å². The van der Waals surface area contributed by atoms with Crippen molar-refractivity contribution in [3.05, 3.63) is 36.6 Å². The number of amides is 1. The van der Waals surface area contributed by atoms with E-state index in [1.807, 2.05) is 0 Å². The number of aromatic nitrogens is 1. The number of esters is 1. The average Bonchev–Trinajstić information content (AvgIpc) is 2.75. The topological polar surface area (TPSA) is 98.7 Å². The van der Waals surface area contributed by atoms with Gasteiger partial charge in [0.2, 0.25) is 5.88 Å². The molecule has 20 heavy (non-hydrogen) atoms. The quantitative estimate of drug-likeness (QED) is 0.588. The Morgan fingerprint density at radius 2 is 2.00 bits per heavy atom. The summed E-state index contributed by atoms with van der Waals surface area (Å²) >= 11 is 0. The van der Waals surface area contributed by atoms with Crippen LogP contribution in [0.2, 0.25) is 0 Å². The van der Waals surface area contributed by atoms with Gasteiger partial charge in [0, 0.05) is 13.1 Å². The first-order valence-electron chi connectivity index (χ1n) is 5.89. The molecule has 2 N–H and O–H groups in total. The standard InChI is InChI=1S/C13H17N3O4/c1-4-6-16(7-5-2)10(17)8-19-13(18)11-9(3)15-20-12(11)14/h4-5H,1-2,6-8,14H2,3H3. The Bertz CT molecular complexity index is 492. The van der Waals surface area contributed by atoms with Gasteiger partial charge in [-0.05, 0) is 6.92 Å². The van der Waals surface area contributed by atoms with E-state index in [-0.39, 0.29) is 17.4 Å². The van der Waals surface area contributed by atoms with E-state index in [0.717, 1.165) is 0 Å². The molecule has 0 unspecified atom stereocenters. The molecule has 0 aliphatic carbocycles. The van der Waals surface area contributed by atoms with Gasteiger partial charge in [-0.3, -0.25) is 4.79 Å². The Morgan fingerprint density at radius 3 is 2.45 bits per heavy atom. The van der Waals surface area contributed by atoms with Crippen molar-refractivity contribution in [2.45, 2.75) is 6.92 Å². The summed E-state index contributed by atoms with van der Waals surface area (Å²) < 4.78 is 9.56. The highest BCUT2D eigenvalue weighted by Gasteiger charge is 2.21. The first kappa shape index (κ1) is 15.5. The van der Waals surface area contributed by atoms with Crippen molar-refractivity contribution in [2.24, 2.45) is 0 Å². The van der Waals surface area contributed by atoms with Crippen LogP contribution in [-0.4, -0.2) is 41.6 Å². The van der Waals surface area contributed by atoms with E-state index in [0.29, 0.717) is 18.8 Å². The zero-order valence-corrected chi connectivity index (χ0v) is 11.3. The van der Waals surface area contributed by atoms with Gasteiger partial charge in [0.05, 0.1) is 5.69 Å². The molecule has 0 aromatic carbocycles. The number of ether oxygens (including phenoxy) is 1. The van der Waals surface area contributed by atoms with Gasteiger partial charge in [-0.1, -0.05) is 17.3 Å². The normalized spacial score (nSPS) is 9.85. The van der Waals surface area contributed by atoms with Crippen molar-refractivity contribution >= 4 is 17.8 Å². The van der Waals surface area contributed by atoms with Gasteiger partial charge in [-0.25, -0.2) is 4.79 Å². The molecule has 7 nitrogen and oxygen atoms in total. The fourth-order valence-corrected chi connectivity index (χ4v) is 1.52. The SMILES string of the molecule is C=CCN(CC=C)C(=O)COC(=O)c1c(C)noc1N. The van der Waals surface area contributed by atoms with Crippen molar-refractivity contribution in [3.8, 4) is 0 Å². The Balaban J connectivity index is 2.62. The summed E-state index contributed by atoms with van der Waals surface area (Å²) in [6.45, 7) is 8.95. The van der Waals surface area contributed by atoms with Crippen LogP contribution >= 0.6 is 0 Å². The number of carbonyl (C=O) groups excluding carboxylic acids is 2. The fourth-order valence-electron chi connectivity index (χ4n) is 1.52. The first-order chi connectivity index (χ1) is 9.51. The van der Waals surface area contributed by atoms with E-state index in [1.165, 1.54) is 4.90 Å². The maximum Gasteiger partial charge on any atom is 0.346 e. The molecule has 0 aliphatic rings. The summed E-state index contributed by atoms with van der Waals surface area (Å²) in [6, 6.07) is 0. The predicted molar refractivity (Wildman–Crippen MR) is 72.9 cm³/mol. The Kier molecular flexibility index (Phi) is 5.52. The zero-order valence-electron chi connectivity index (χ0n) is 11.3. The molecule has 1 rings (SSSR count). The molecule has 1 aromatic heterocycles. The van der Waals surface area contributed by atoms with E-state index in [9.17, 15) is 9.59 Å². The minimum Gasteiger partial charge on any atom is -0.452 e.